The molecule has 0 aromatic heterocycles. The van der Waals surface area contributed by atoms with Crippen LogP contribution in [-0.2, 0) is 16.1 Å². The fourth-order valence-electron chi connectivity index (χ4n) is 2.92. The minimum Gasteiger partial charge on any atom is -0.494 e. The van der Waals surface area contributed by atoms with E-state index in [4.69, 9.17) is 16.3 Å². The summed E-state index contributed by atoms with van der Waals surface area (Å²) >= 11 is 9.31. The molecule has 0 aliphatic carbocycles. The van der Waals surface area contributed by atoms with Gasteiger partial charge in [-0.1, -0.05) is 46.6 Å². The first kappa shape index (κ1) is 25.2. The second-order valence-electron chi connectivity index (χ2n) is 7.55. The van der Waals surface area contributed by atoms with E-state index in [0.29, 0.717) is 36.8 Å². The zero-order valence-electron chi connectivity index (χ0n) is 18.2. The lowest BCUT2D eigenvalue weighted by atomic mass is 10.1. The highest BCUT2D eigenvalue weighted by Gasteiger charge is 2.26. The third-order valence-corrected chi connectivity index (χ3v) is 5.83. The van der Waals surface area contributed by atoms with Gasteiger partial charge >= 0.3 is 0 Å². The molecule has 0 aliphatic heterocycles. The van der Waals surface area contributed by atoms with Crippen LogP contribution in [0, 0.1) is 0 Å². The van der Waals surface area contributed by atoms with Crippen molar-refractivity contribution in [1.82, 2.24) is 10.2 Å². The van der Waals surface area contributed by atoms with Gasteiger partial charge in [-0.2, -0.15) is 0 Å². The van der Waals surface area contributed by atoms with Crippen LogP contribution in [0.4, 0.5) is 0 Å². The lowest BCUT2D eigenvalue weighted by Gasteiger charge is -2.29. The zero-order chi connectivity index (χ0) is 22.8. The van der Waals surface area contributed by atoms with Crippen LogP contribution in [0.15, 0.2) is 53.0 Å². The Morgan fingerprint density at radius 2 is 1.74 bits per heavy atom. The summed E-state index contributed by atoms with van der Waals surface area (Å²) in [6, 6.07) is 14.4. The van der Waals surface area contributed by atoms with E-state index in [0.717, 1.165) is 16.5 Å². The molecule has 168 valence electrons. The van der Waals surface area contributed by atoms with Gasteiger partial charge in [-0.25, -0.2) is 0 Å². The standard InChI is InChI=1S/C24H30BrClN2O3/c1-4-17(2)27-24(30)18(3)28(16-19-7-9-20(25)10-8-19)23(29)6-5-15-31-22-13-11-21(26)12-14-22/h7-14,17-18H,4-6,15-16H2,1-3H3,(H,27,30)/t17-,18-/m1/s1. The van der Waals surface area contributed by atoms with E-state index in [2.05, 4.69) is 21.2 Å². The number of rotatable bonds is 11. The molecule has 2 aromatic rings. The third kappa shape index (κ3) is 8.54. The van der Waals surface area contributed by atoms with Crippen LogP contribution >= 0.6 is 27.5 Å². The highest BCUT2D eigenvalue weighted by atomic mass is 79.9. The molecule has 0 saturated heterocycles. The van der Waals surface area contributed by atoms with E-state index in [1.54, 1.807) is 36.1 Å². The maximum Gasteiger partial charge on any atom is 0.242 e. The highest BCUT2D eigenvalue weighted by molar-refractivity contribution is 9.10. The van der Waals surface area contributed by atoms with E-state index in [9.17, 15) is 9.59 Å². The minimum atomic E-state index is -0.567. The molecule has 0 aliphatic rings. The Bertz CT molecular complexity index is 843. The van der Waals surface area contributed by atoms with Gasteiger partial charge in [-0.05, 0) is 68.7 Å². The van der Waals surface area contributed by atoms with Crippen molar-refractivity contribution < 1.29 is 14.3 Å². The maximum absolute atomic E-state index is 13.0. The number of ether oxygens (including phenoxy) is 1. The van der Waals surface area contributed by atoms with Crippen molar-refractivity contribution in [2.24, 2.45) is 0 Å². The largest absolute Gasteiger partial charge is 0.494 e. The topological polar surface area (TPSA) is 58.6 Å². The average molecular weight is 510 g/mol. The summed E-state index contributed by atoms with van der Waals surface area (Å²) in [7, 11) is 0. The Morgan fingerprint density at radius 3 is 2.35 bits per heavy atom. The number of hydrogen-bond acceptors (Lipinski definition) is 3. The van der Waals surface area contributed by atoms with Crippen molar-refractivity contribution in [3.8, 4) is 5.75 Å². The molecule has 0 spiro atoms. The van der Waals surface area contributed by atoms with Gasteiger partial charge in [0.2, 0.25) is 11.8 Å². The first-order chi connectivity index (χ1) is 14.8. The molecule has 0 saturated carbocycles. The average Bonchev–Trinajstić information content (AvgIpc) is 2.76. The predicted octanol–water partition coefficient (Wildman–Crippen LogP) is 5.59. The Labute approximate surface area is 198 Å². The molecule has 1 N–H and O–H groups in total. The molecule has 0 radical (unpaired) electrons. The van der Waals surface area contributed by atoms with Crippen molar-refractivity contribution >= 4 is 39.3 Å². The number of benzene rings is 2. The maximum atomic E-state index is 13.0. The second-order valence-corrected chi connectivity index (χ2v) is 8.90. The first-order valence-electron chi connectivity index (χ1n) is 10.5. The van der Waals surface area contributed by atoms with Crippen molar-refractivity contribution in [2.75, 3.05) is 6.61 Å². The van der Waals surface area contributed by atoms with Crippen molar-refractivity contribution in [2.45, 2.75) is 58.7 Å². The van der Waals surface area contributed by atoms with E-state index in [-0.39, 0.29) is 17.9 Å². The van der Waals surface area contributed by atoms with E-state index in [1.165, 1.54) is 0 Å². The molecule has 2 amide bonds. The van der Waals surface area contributed by atoms with Crippen molar-refractivity contribution in [3.63, 3.8) is 0 Å². The van der Waals surface area contributed by atoms with E-state index >= 15 is 0 Å². The smallest absolute Gasteiger partial charge is 0.242 e. The minimum absolute atomic E-state index is 0.0624. The monoisotopic (exact) mass is 508 g/mol. The molecule has 0 fully saturated rings. The summed E-state index contributed by atoms with van der Waals surface area (Å²) < 4.78 is 6.65. The van der Waals surface area contributed by atoms with Crippen LogP contribution in [-0.4, -0.2) is 35.4 Å². The van der Waals surface area contributed by atoms with E-state index in [1.807, 2.05) is 38.1 Å². The summed E-state index contributed by atoms with van der Waals surface area (Å²) in [4.78, 5) is 27.4. The highest BCUT2D eigenvalue weighted by Crippen LogP contribution is 2.17. The lowest BCUT2D eigenvalue weighted by molar-refractivity contribution is -0.141. The van der Waals surface area contributed by atoms with Gasteiger partial charge in [-0.3, -0.25) is 9.59 Å². The van der Waals surface area contributed by atoms with Crippen LogP contribution in [0.3, 0.4) is 0 Å². The molecule has 2 aromatic carbocycles. The van der Waals surface area contributed by atoms with Crippen molar-refractivity contribution in [3.05, 3.63) is 63.6 Å². The fraction of sp³-hybridized carbons (Fsp3) is 0.417. The van der Waals surface area contributed by atoms with Crippen LogP contribution in [0.2, 0.25) is 5.02 Å². The molecule has 0 heterocycles. The molecule has 2 atom stereocenters. The van der Waals surface area contributed by atoms with Crippen LogP contribution in [0.25, 0.3) is 0 Å². The van der Waals surface area contributed by atoms with Crippen LogP contribution in [0.5, 0.6) is 5.75 Å². The number of carbonyl (C=O) groups excluding carboxylic acids is 2. The Hall–Kier alpha value is -2.05. The van der Waals surface area contributed by atoms with Gasteiger partial charge in [0.05, 0.1) is 6.61 Å². The van der Waals surface area contributed by atoms with Gasteiger partial charge in [0.15, 0.2) is 0 Å². The zero-order valence-corrected chi connectivity index (χ0v) is 20.6. The quantitative estimate of drug-likeness (QED) is 0.402. The summed E-state index contributed by atoms with van der Waals surface area (Å²) in [6.45, 7) is 6.53. The fourth-order valence-corrected chi connectivity index (χ4v) is 3.31. The van der Waals surface area contributed by atoms with Gasteiger partial charge in [0.1, 0.15) is 11.8 Å². The summed E-state index contributed by atoms with van der Waals surface area (Å²) in [5.41, 5.74) is 0.970. The molecule has 7 heteroatoms. The molecular weight excluding hydrogens is 480 g/mol. The predicted molar refractivity (Wildman–Crippen MR) is 128 cm³/mol. The Morgan fingerprint density at radius 1 is 1.10 bits per heavy atom. The Kier molecular flexibility index (Phi) is 10.3. The molecular formula is C24H30BrClN2O3. The van der Waals surface area contributed by atoms with Crippen LogP contribution < -0.4 is 10.1 Å². The number of carbonyl (C=O) groups is 2. The number of nitrogens with zero attached hydrogens (tertiary/aromatic N) is 1. The lowest BCUT2D eigenvalue weighted by Crippen LogP contribution is -2.49. The van der Waals surface area contributed by atoms with Gasteiger partial charge in [-0.15, -0.1) is 0 Å². The third-order valence-electron chi connectivity index (χ3n) is 5.05. The molecule has 0 unspecified atom stereocenters. The molecule has 31 heavy (non-hydrogen) atoms. The van der Waals surface area contributed by atoms with E-state index < -0.39 is 6.04 Å². The van der Waals surface area contributed by atoms with Gasteiger partial charge in [0, 0.05) is 28.5 Å². The van der Waals surface area contributed by atoms with Gasteiger partial charge < -0.3 is 15.0 Å². The van der Waals surface area contributed by atoms with Crippen molar-refractivity contribution in [1.29, 1.82) is 0 Å². The van der Waals surface area contributed by atoms with Crippen LogP contribution in [0.1, 0.15) is 45.6 Å². The second kappa shape index (κ2) is 12.7. The first-order valence-corrected chi connectivity index (χ1v) is 11.7. The molecule has 5 nitrogen and oxygen atoms in total. The number of amides is 2. The SMILES string of the molecule is CC[C@@H](C)NC(=O)[C@@H](C)N(Cc1ccc(Br)cc1)C(=O)CCCOc1ccc(Cl)cc1. The normalized spacial score (nSPS) is 12.7. The molecule has 0 bridgehead atoms. The summed E-state index contributed by atoms with van der Waals surface area (Å²) in [5.74, 6) is 0.497. The number of halogens is 2. The number of nitrogens with one attached hydrogen (secondary N) is 1. The number of hydrogen-bond donors (Lipinski definition) is 1. The van der Waals surface area contributed by atoms with Gasteiger partial charge in [0.25, 0.3) is 0 Å². The summed E-state index contributed by atoms with van der Waals surface area (Å²) in [6.07, 6.45) is 1.68. The summed E-state index contributed by atoms with van der Waals surface area (Å²) in [5, 5.41) is 3.63. The Balaban J connectivity index is 1.99. The molecule has 2 rings (SSSR count).